The van der Waals surface area contributed by atoms with Crippen LogP contribution in [0.15, 0.2) is 41.0 Å². The highest BCUT2D eigenvalue weighted by Crippen LogP contribution is 2.30. The molecule has 2 saturated heterocycles. The molecule has 2 aromatic rings. The quantitative estimate of drug-likeness (QED) is 0.816. The summed E-state index contributed by atoms with van der Waals surface area (Å²) in [6.07, 6.45) is 4.28. The number of amides is 2. The minimum absolute atomic E-state index is 0.0148. The van der Waals surface area contributed by atoms with Crippen molar-refractivity contribution in [2.75, 3.05) is 31.1 Å². The van der Waals surface area contributed by atoms with Crippen molar-refractivity contribution in [3.8, 4) is 0 Å². The fourth-order valence-electron chi connectivity index (χ4n) is 4.43. The van der Waals surface area contributed by atoms with Gasteiger partial charge in [0.1, 0.15) is 5.76 Å². The van der Waals surface area contributed by atoms with Gasteiger partial charge in [0.2, 0.25) is 11.8 Å². The smallest absolute Gasteiger partial charge is 0.227 e. The van der Waals surface area contributed by atoms with Crippen LogP contribution in [0.4, 0.5) is 5.69 Å². The predicted octanol–water partition coefficient (Wildman–Crippen LogP) is 3.20. The summed E-state index contributed by atoms with van der Waals surface area (Å²) in [6.45, 7) is 7.03. The van der Waals surface area contributed by atoms with Crippen LogP contribution in [-0.4, -0.2) is 42.9 Å². The van der Waals surface area contributed by atoms with Crippen molar-refractivity contribution in [1.82, 2.24) is 10.2 Å². The Morgan fingerprint density at radius 3 is 2.72 bits per heavy atom. The van der Waals surface area contributed by atoms with E-state index in [9.17, 15) is 9.59 Å². The zero-order valence-corrected chi connectivity index (χ0v) is 17.2. The van der Waals surface area contributed by atoms with Gasteiger partial charge in [0.25, 0.3) is 0 Å². The average molecular weight is 396 g/mol. The van der Waals surface area contributed by atoms with Crippen molar-refractivity contribution >= 4 is 17.5 Å². The highest BCUT2D eigenvalue weighted by molar-refractivity contribution is 6.00. The molecule has 1 aromatic heterocycles. The molecule has 4 rings (SSSR count). The van der Waals surface area contributed by atoms with Crippen LogP contribution < -0.4 is 10.2 Å². The molecule has 0 bridgehead atoms. The van der Waals surface area contributed by atoms with E-state index in [1.807, 2.05) is 44.2 Å². The Labute approximate surface area is 171 Å². The van der Waals surface area contributed by atoms with Gasteiger partial charge in [0, 0.05) is 25.2 Å². The van der Waals surface area contributed by atoms with Crippen molar-refractivity contribution in [2.24, 2.45) is 5.92 Å². The second kappa shape index (κ2) is 8.41. The Bertz CT molecular complexity index is 871. The molecule has 2 amide bonds. The highest BCUT2D eigenvalue weighted by Gasteiger charge is 2.36. The van der Waals surface area contributed by atoms with E-state index in [-0.39, 0.29) is 30.2 Å². The second-order valence-electron chi connectivity index (χ2n) is 8.14. The number of aryl methyl sites for hydroxylation is 1. The van der Waals surface area contributed by atoms with E-state index in [2.05, 4.69) is 10.2 Å². The Balaban J connectivity index is 1.41. The number of furan rings is 1. The van der Waals surface area contributed by atoms with Crippen LogP contribution in [0.1, 0.15) is 42.2 Å². The molecule has 29 heavy (non-hydrogen) atoms. The molecule has 6 heteroatoms. The first-order valence-corrected chi connectivity index (χ1v) is 10.5. The van der Waals surface area contributed by atoms with Gasteiger partial charge in [-0.3, -0.25) is 14.5 Å². The summed E-state index contributed by atoms with van der Waals surface area (Å²) >= 11 is 0. The van der Waals surface area contributed by atoms with Crippen molar-refractivity contribution < 1.29 is 14.0 Å². The summed E-state index contributed by atoms with van der Waals surface area (Å²) in [6, 6.07) is 9.86. The first kappa shape index (κ1) is 19.7. The minimum atomic E-state index is -0.321. The second-order valence-corrected chi connectivity index (χ2v) is 8.14. The van der Waals surface area contributed by atoms with Crippen molar-refractivity contribution in [1.29, 1.82) is 0 Å². The van der Waals surface area contributed by atoms with E-state index in [1.54, 1.807) is 11.2 Å². The minimum Gasteiger partial charge on any atom is -0.468 e. The van der Waals surface area contributed by atoms with E-state index in [4.69, 9.17) is 4.42 Å². The largest absolute Gasteiger partial charge is 0.468 e. The molecule has 154 valence electrons. The molecule has 3 heterocycles. The fraction of sp³-hybridized carbons (Fsp3) is 0.478. The highest BCUT2D eigenvalue weighted by atomic mass is 16.3. The van der Waals surface area contributed by atoms with Gasteiger partial charge in [-0.2, -0.15) is 0 Å². The lowest BCUT2D eigenvalue weighted by atomic mass is 10.1. The molecule has 6 nitrogen and oxygen atoms in total. The van der Waals surface area contributed by atoms with Crippen LogP contribution in [0.2, 0.25) is 0 Å². The van der Waals surface area contributed by atoms with E-state index < -0.39 is 0 Å². The van der Waals surface area contributed by atoms with E-state index in [0.29, 0.717) is 13.1 Å². The summed E-state index contributed by atoms with van der Waals surface area (Å²) in [5, 5.41) is 3.09. The van der Waals surface area contributed by atoms with Gasteiger partial charge in [-0.05, 0) is 69.1 Å². The SMILES string of the molecule is Cc1cccc(N2CC(C(=O)NCC(c3ccco3)N3CCCC3)CC2=O)c1C. The molecule has 2 unspecified atom stereocenters. The van der Waals surface area contributed by atoms with Crippen molar-refractivity contribution in [3.05, 3.63) is 53.5 Å². The Morgan fingerprint density at radius 1 is 1.21 bits per heavy atom. The lowest BCUT2D eigenvalue weighted by molar-refractivity contribution is -0.126. The normalized spacial score (nSPS) is 21.0. The van der Waals surface area contributed by atoms with Crippen LogP contribution in [0.5, 0.6) is 0 Å². The number of carbonyl (C=O) groups excluding carboxylic acids is 2. The molecule has 2 atom stereocenters. The molecule has 2 aliphatic heterocycles. The van der Waals surface area contributed by atoms with Gasteiger partial charge in [-0.15, -0.1) is 0 Å². The number of benzene rings is 1. The molecule has 2 aliphatic rings. The standard InChI is InChI=1S/C23H29N3O3/c1-16-7-5-8-19(17(16)2)26-15-18(13-22(26)27)23(28)24-14-20(21-9-6-12-29-21)25-10-3-4-11-25/h5-9,12,18,20H,3-4,10-11,13-15H2,1-2H3,(H,24,28). The average Bonchev–Trinajstić information content (AvgIpc) is 3.46. The number of nitrogens with one attached hydrogen (secondary N) is 1. The Kier molecular flexibility index (Phi) is 5.72. The predicted molar refractivity (Wildman–Crippen MR) is 112 cm³/mol. The Morgan fingerprint density at radius 2 is 2.00 bits per heavy atom. The van der Waals surface area contributed by atoms with Crippen molar-refractivity contribution in [2.45, 2.75) is 39.2 Å². The number of rotatable bonds is 6. The van der Waals surface area contributed by atoms with Crippen LogP contribution in [0.25, 0.3) is 0 Å². The van der Waals surface area contributed by atoms with Gasteiger partial charge in [0.05, 0.1) is 18.2 Å². The zero-order chi connectivity index (χ0) is 20.4. The summed E-state index contributed by atoms with van der Waals surface area (Å²) in [5.41, 5.74) is 3.15. The van der Waals surface area contributed by atoms with E-state index in [0.717, 1.165) is 35.7 Å². The van der Waals surface area contributed by atoms with E-state index >= 15 is 0 Å². The summed E-state index contributed by atoms with van der Waals surface area (Å²) in [5.74, 6) is 0.521. The number of carbonyl (C=O) groups is 2. The third-order valence-electron chi connectivity index (χ3n) is 6.29. The summed E-state index contributed by atoms with van der Waals surface area (Å²) in [7, 11) is 0. The summed E-state index contributed by atoms with van der Waals surface area (Å²) < 4.78 is 5.63. The molecule has 0 radical (unpaired) electrons. The van der Waals surface area contributed by atoms with Gasteiger partial charge in [-0.25, -0.2) is 0 Å². The Hall–Kier alpha value is -2.60. The molecule has 1 N–H and O–H groups in total. The van der Waals surface area contributed by atoms with Crippen LogP contribution in [-0.2, 0) is 9.59 Å². The molecule has 1 aromatic carbocycles. The topological polar surface area (TPSA) is 65.8 Å². The van der Waals surface area contributed by atoms with Crippen molar-refractivity contribution in [3.63, 3.8) is 0 Å². The first-order valence-electron chi connectivity index (χ1n) is 10.5. The molecule has 0 saturated carbocycles. The maximum absolute atomic E-state index is 12.9. The van der Waals surface area contributed by atoms with Gasteiger partial charge >= 0.3 is 0 Å². The zero-order valence-electron chi connectivity index (χ0n) is 17.2. The van der Waals surface area contributed by atoms with Gasteiger partial charge < -0.3 is 14.6 Å². The first-order chi connectivity index (χ1) is 14.0. The molecular weight excluding hydrogens is 366 g/mol. The maximum atomic E-state index is 12.9. The molecule has 2 fully saturated rings. The monoisotopic (exact) mass is 395 g/mol. The third kappa shape index (κ3) is 4.08. The van der Waals surface area contributed by atoms with Gasteiger partial charge in [-0.1, -0.05) is 12.1 Å². The summed E-state index contributed by atoms with van der Waals surface area (Å²) in [4.78, 5) is 29.6. The molecule has 0 spiro atoms. The number of likely N-dealkylation sites (tertiary alicyclic amines) is 1. The number of nitrogens with zero attached hydrogens (tertiary/aromatic N) is 2. The lowest BCUT2D eigenvalue weighted by Gasteiger charge is -2.26. The number of hydrogen-bond acceptors (Lipinski definition) is 4. The molecular formula is C23H29N3O3. The van der Waals surface area contributed by atoms with Crippen LogP contribution >= 0.6 is 0 Å². The lowest BCUT2D eigenvalue weighted by Crippen LogP contribution is -2.39. The fourth-order valence-corrected chi connectivity index (χ4v) is 4.43. The van der Waals surface area contributed by atoms with Crippen LogP contribution in [0.3, 0.4) is 0 Å². The number of anilines is 1. The van der Waals surface area contributed by atoms with Crippen LogP contribution in [0, 0.1) is 19.8 Å². The van der Waals surface area contributed by atoms with Gasteiger partial charge in [0.15, 0.2) is 0 Å². The molecule has 0 aliphatic carbocycles. The maximum Gasteiger partial charge on any atom is 0.227 e. The number of hydrogen-bond donors (Lipinski definition) is 1. The third-order valence-corrected chi connectivity index (χ3v) is 6.29. The van der Waals surface area contributed by atoms with E-state index in [1.165, 1.54) is 12.8 Å².